The predicted octanol–water partition coefficient (Wildman–Crippen LogP) is 14.2. The Balaban J connectivity index is 1.12. The summed E-state index contributed by atoms with van der Waals surface area (Å²) in [6, 6.07) is 76.8. The Hall–Kier alpha value is -8.21. The third-order valence-corrected chi connectivity index (χ3v) is 13.4. The highest BCUT2D eigenvalue weighted by Crippen LogP contribution is 2.62. The van der Waals surface area contributed by atoms with Crippen LogP contribution in [0.4, 0.5) is 0 Å². The van der Waals surface area contributed by atoms with Crippen molar-refractivity contribution >= 4 is 54.9 Å². The fourth-order valence-corrected chi connectivity index (χ4v) is 10.9. The maximum absolute atomic E-state index is 7.38. The fraction of sp³-hybridized carbons (Fsp3) is 0.0339. The largest absolute Gasteiger partial charge is 0.454 e. The van der Waals surface area contributed by atoms with Gasteiger partial charge < -0.3 is 13.9 Å². The molecule has 0 saturated heterocycles. The number of ether oxygens (including phenoxy) is 1. The Bertz CT molecular complexity index is 3720. The van der Waals surface area contributed by atoms with Gasteiger partial charge in [-0.25, -0.2) is 0 Å². The van der Waals surface area contributed by atoms with Gasteiger partial charge >= 0.3 is 0 Å². The van der Waals surface area contributed by atoms with Crippen LogP contribution in [0, 0.1) is 0 Å². The van der Waals surface area contributed by atoms with Crippen molar-refractivity contribution < 1.29 is 4.74 Å². The normalized spacial score (nSPS) is 15.4. The van der Waals surface area contributed by atoms with E-state index in [0.29, 0.717) is 0 Å². The SMILES string of the molecule is CN=C(/C=C(/c1ccccc1)c1cccc(-n2c3ccccc3c3ccc4c(c32)Oc2ccccc2C42c3ccccc3-n3c4ccccc4c4cccc2c43)c1)c1ccccc1. The summed E-state index contributed by atoms with van der Waals surface area (Å²) in [6.07, 6.45) is 2.22. The van der Waals surface area contributed by atoms with Gasteiger partial charge in [-0.1, -0.05) is 176 Å². The predicted molar refractivity (Wildman–Crippen MR) is 259 cm³/mol. The first-order valence-electron chi connectivity index (χ1n) is 21.6. The Morgan fingerprint density at radius 3 is 1.83 bits per heavy atom. The van der Waals surface area contributed by atoms with Crippen molar-refractivity contribution in [1.82, 2.24) is 9.13 Å². The highest BCUT2D eigenvalue weighted by molar-refractivity contribution is 6.16. The first kappa shape index (κ1) is 35.5. The molecule has 0 aliphatic carbocycles. The number of rotatable bonds is 5. The van der Waals surface area contributed by atoms with Crippen LogP contribution < -0.4 is 4.74 Å². The Morgan fingerprint density at radius 1 is 0.460 bits per heavy atom. The van der Waals surface area contributed by atoms with E-state index in [-0.39, 0.29) is 0 Å². The molecule has 63 heavy (non-hydrogen) atoms. The van der Waals surface area contributed by atoms with Gasteiger partial charge in [-0.15, -0.1) is 0 Å². The molecular formula is C59H39N3O. The minimum atomic E-state index is -0.682. The lowest BCUT2D eigenvalue weighted by Gasteiger charge is -2.45. The van der Waals surface area contributed by atoms with Crippen molar-refractivity contribution in [3.8, 4) is 22.9 Å². The average molecular weight is 806 g/mol. The molecule has 2 aliphatic rings. The number of aliphatic imine (C=N–C) groups is 1. The maximum Gasteiger partial charge on any atom is 0.156 e. The quantitative estimate of drug-likeness (QED) is 0.159. The summed E-state index contributed by atoms with van der Waals surface area (Å²) in [7, 11) is 1.87. The van der Waals surface area contributed by atoms with Crippen molar-refractivity contribution in [3.63, 3.8) is 0 Å². The van der Waals surface area contributed by atoms with E-state index in [1.54, 1.807) is 0 Å². The van der Waals surface area contributed by atoms with E-state index in [2.05, 4.69) is 221 Å². The molecule has 4 nitrogen and oxygen atoms in total. The molecule has 13 rings (SSSR count). The molecule has 296 valence electrons. The molecule has 0 radical (unpaired) electrons. The van der Waals surface area contributed by atoms with Crippen LogP contribution in [0.2, 0.25) is 0 Å². The second kappa shape index (κ2) is 13.7. The molecule has 0 amide bonds. The van der Waals surface area contributed by atoms with Gasteiger partial charge in [-0.2, -0.15) is 0 Å². The van der Waals surface area contributed by atoms with E-state index in [9.17, 15) is 0 Å². The van der Waals surface area contributed by atoms with Crippen molar-refractivity contribution in [3.05, 3.63) is 257 Å². The smallest absolute Gasteiger partial charge is 0.156 e. The van der Waals surface area contributed by atoms with Crippen LogP contribution in [0.25, 0.3) is 60.6 Å². The first-order chi connectivity index (χ1) is 31.2. The van der Waals surface area contributed by atoms with Gasteiger partial charge in [0.2, 0.25) is 0 Å². The van der Waals surface area contributed by atoms with Crippen molar-refractivity contribution in [1.29, 1.82) is 0 Å². The van der Waals surface area contributed by atoms with Gasteiger partial charge in [0.25, 0.3) is 0 Å². The van der Waals surface area contributed by atoms with Crippen LogP contribution in [0.3, 0.4) is 0 Å². The van der Waals surface area contributed by atoms with Crippen LogP contribution >= 0.6 is 0 Å². The third kappa shape index (κ3) is 4.95. The molecule has 0 saturated carbocycles. The molecule has 0 N–H and O–H groups in total. The van der Waals surface area contributed by atoms with E-state index in [0.717, 1.165) is 72.7 Å². The summed E-state index contributed by atoms with van der Waals surface area (Å²) in [4.78, 5) is 4.78. The number of hydrogen-bond donors (Lipinski definition) is 0. The molecule has 0 bridgehead atoms. The first-order valence-corrected chi connectivity index (χ1v) is 21.6. The molecule has 4 heterocycles. The molecule has 4 heteroatoms. The number of benzene rings is 9. The van der Waals surface area contributed by atoms with Crippen LogP contribution in [0.5, 0.6) is 11.5 Å². The Kier molecular flexibility index (Phi) is 7.70. The topological polar surface area (TPSA) is 31.4 Å². The number of nitrogens with zero attached hydrogens (tertiary/aromatic N) is 3. The van der Waals surface area contributed by atoms with Gasteiger partial charge in [-0.05, 0) is 75.9 Å². The molecule has 1 atom stereocenters. The molecule has 2 aromatic heterocycles. The second-order valence-electron chi connectivity index (χ2n) is 16.6. The second-order valence-corrected chi connectivity index (χ2v) is 16.6. The number of allylic oxidation sites excluding steroid dienone is 1. The highest BCUT2D eigenvalue weighted by atomic mass is 16.5. The van der Waals surface area contributed by atoms with Crippen LogP contribution in [0.15, 0.2) is 223 Å². The summed E-state index contributed by atoms with van der Waals surface area (Å²) in [5, 5.41) is 4.82. The third-order valence-electron chi connectivity index (χ3n) is 13.4. The van der Waals surface area contributed by atoms with Gasteiger partial charge in [0.15, 0.2) is 5.75 Å². The van der Waals surface area contributed by atoms with E-state index >= 15 is 0 Å². The van der Waals surface area contributed by atoms with Crippen LogP contribution in [0.1, 0.15) is 38.9 Å². The van der Waals surface area contributed by atoms with Crippen LogP contribution in [-0.2, 0) is 5.41 Å². The summed E-state index contributed by atoms with van der Waals surface area (Å²) >= 11 is 0. The number of para-hydroxylation sites is 5. The minimum Gasteiger partial charge on any atom is -0.454 e. The molecule has 1 spiro atoms. The summed E-state index contributed by atoms with van der Waals surface area (Å²) in [5.74, 6) is 1.73. The molecule has 2 aliphatic heterocycles. The molecular weight excluding hydrogens is 767 g/mol. The van der Waals surface area contributed by atoms with Gasteiger partial charge in [0.1, 0.15) is 5.75 Å². The van der Waals surface area contributed by atoms with Crippen LogP contribution in [-0.4, -0.2) is 21.9 Å². The standard InChI is InChI=1S/C59H39N3O/c1-60-51(39-20-6-3-7-21-39)37-46(38-18-4-2-5-19-38)40-22-16-23-41(36-40)61-52-30-12-8-25-43(52)45-34-35-50-58(57(45)61)63-55-33-15-11-28-48(55)59(50)47-27-10-14-32-54(47)62-53-31-13-9-24-42(53)44-26-17-29-49(59)56(44)62/h2-37H,1H3/b46-37-,60-51?. The number of hydrogen-bond acceptors (Lipinski definition) is 2. The Morgan fingerprint density at radius 2 is 1.05 bits per heavy atom. The van der Waals surface area contributed by atoms with Crippen molar-refractivity contribution in [2.24, 2.45) is 4.99 Å². The minimum absolute atomic E-state index is 0.682. The van der Waals surface area contributed by atoms with Crippen molar-refractivity contribution in [2.45, 2.75) is 5.41 Å². The van der Waals surface area contributed by atoms with Gasteiger partial charge in [0, 0.05) is 45.4 Å². The van der Waals surface area contributed by atoms with E-state index < -0.39 is 5.41 Å². The van der Waals surface area contributed by atoms with E-state index in [1.807, 2.05) is 13.1 Å². The zero-order valence-corrected chi connectivity index (χ0v) is 34.5. The lowest BCUT2D eigenvalue weighted by molar-refractivity contribution is 0.438. The van der Waals surface area contributed by atoms with Gasteiger partial charge in [0.05, 0.1) is 38.9 Å². The average Bonchev–Trinajstić information content (AvgIpc) is 3.88. The highest BCUT2D eigenvalue weighted by Gasteiger charge is 2.51. The summed E-state index contributed by atoms with van der Waals surface area (Å²) in [6.45, 7) is 0. The molecule has 9 aromatic carbocycles. The molecule has 1 unspecified atom stereocenters. The number of aromatic nitrogens is 2. The van der Waals surface area contributed by atoms with Crippen molar-refractivity contribution in [2.75, 3.05) is 7.05 Å². The van der Waals surface area contributed by atoms with E-state index in [4.69, 9.17) is 9.73 Å². The number of fused-ring (bicyclic) bond motifs is 15. The molecule has 0 fully saturated rings. The zero-order chi connectivity index (χ0) is 41.6. The monoisotopic (exact) mass is 805 g/mol. The molecule has 11 aromatic rings. The lowest BCUT2D eigenvalue weighted by atomic mass is 9.61. The summed E-state index contributed by atoms with van der Waals surface area (Å²) in [5.41, 5.74) is 16.2. The Labute approximate surface area is 364 Å². The summed E-state index contributed by atoms with van der Waals surface area (Å²) < 4.78 is 12.3. The zero-order valence-electron chi connectivity index (χ0n) is 34.5. The fourth-order valence-electron chi connectivity index (χ4n) is 10.9. The maximum atomic E-state index is 7.38. The van der Waals surface area contributed by atoms with Gasteiger partial charge in [-0.3, -0.25) is 4.99 Å². The lowest BCUT2D eigenvalue weighted by Crippen LogP contribution is -2.37. The van der Waals surface area contributed by atoms with E-state index in [1.165, 1.54) is 44.0 Å².